The molecular weight excluding hydrogens is 396 g/mol. The summed E-state index contributed by atoms with van der Waals surface area (Å²) in [4.78, 5) is 20.0. The van der Waals surface area contributed by atoms with Gasteiger partial charge in [-0.25, -0.2) is 9.36 Å². The highest BCUT2D eigenvalue weighted by molar-refractivity contribution is 7.85. The molecule has 0 amide bonds. The van der Waals surface area contributed by atoms with Crippen LogP contribution in [0.3, 0.4) is 0 Å². The van der Waals surface area contributed by atoms with Crippen molar-refractivity contribution in [1.29, 1.82) is 0 Å². The molecule has 0 atom stereocenters. The molecule has 0 saturated carbocycles. The zero-order valence-corrected chi connectivity index (χ0v) is 14.6. The fourth-order valence-corrected chi connectivity index (χ4v) is 2.87. The maximum Gasteiger partial charge on any atom is 0.422 e. The van der Waals surface area contributed by atoms with Crippen LogP contribution in [0.15, 0.2) is 27.8 Å². The summed E-state index contributed by atoms with van der Waals surface area (Å²) in [5.41, 5.74) is 0.861. The van der Waals surface area contributed by atoms with Crippen molar-refractivity contribution in [2.75, 3.05) is 5.75 Å². The average molecular weight is 406 g/mol. The summed E-state index contributed by atoms with van der Waals surface area (Å²) in [6.45, 7) is -0.501. The summed E-state index contributed by atoms with van der Waals surface area (Å²) in [5, 5.41) is 25.7. The third kappa shape index (κ3) is 3.19. The summed E-state index contributed by atoms with van der Waals surface area (Å²) in [6.07, 6.45) is 5.63. The lowest BCUT2D eigenvalue weighted by atomic mass is 10.2. The fourth-order valence-electron chi connectivity index (χ4n) is 2.45. The van der Waals surface area contributed by atoms with E-state index in [4.69, 9.17) is 8.97 Å². The van der Waals surface area contributed by atoms with E-state index in [0.29, 0.717) is 16.0 Å². The minimum Gasteiger partial charge on any atom is -0.492 e. The molecular formula is C13H10N8O6S. The van der Waals surface area contributed by atoms with Crippen molar-refractivity contribution in [2.24, 2.45) is 0 Å². The molecule has 0 aliphatic carbocycles. The van der Waals surface area contributed by atoms with E-state index in [2.05, 4.69) is 30.6 Å². The average Bonchev–Trinajstić information content (AvgIpc) is 3.30. The zero-order chi connectivity index (χ0) is 19.9. The van der Waals surface area contributed by atoms with Crippen LogP contribution in [0.1, 0.15) is 5.76 Å². The maximum absolute atomic E-state index is 11.9. The van der Waals surface area contributed by atoms with Crippen LogP contribution in [-0.2, 0) is 16.7 Å². The fraction of sp³-hybridized carbons (Fsp3) is 0.154. The molecule has 0 bridgehead atoms. The molecule has 0 aliphatic rings. The molecule has 14 nitrogen and oxygen atoms in total. The molecule has 4 aromatic rings. The number of tetrazole rings is 1. The Morgan fingerprint density at radius 3 is 2.82 bits per heavy atom. The Hall–Kier alpha value is -3.72. The van der Waals surface area contributed by atoms with E-state index < -0.39 is 34.1 Å². The largest absolute Gasteiger partial charge is 0.492 e. The quantitative estimate of drug-likeness (QED) is 0.343. The molecule has 0 spiro atoms. The van der Waals surface area contributed by atoms with Gasteiger partial charge in [-0.3, -0.25) is 14.5 Å². The molecule has 4 heterocycles. The van der Waals surface area contributed by atoms with Crippen LogP contribution >= 0.6 is 0 Å². The van der Waals surface area contributed by atoms with E-state index in [0.717, 1.165) is 4.63 Å². The molecule has 28 heavy (non-hydrogen) atoms. The maximum atomic E-state index is 11.9. The van der Waals surface area contributed by atoms with E-state index in [1.54, 1.807) is 0 Å². The van der Waals surface area contributed by atoms with Crippen LogP contribution in [0.4, 0.5) is 0 Å². The highest BCUT2D eigenvalue weighted by Crippen LogP contribution is 2.17. The Bertz CT molecular complexity index is 1370. The van der Waals surface area contributed by atoms with E-state index >= 15 is 0 Å². The van der Waals surface area contributed by atoms with Crippen molar-refractivity contribution < 1.29 is 22.5 Å². The first kappa shape index (κ1) is 17.7. The Kier molecular flexibility index (Phi) is 4.08. The Morgan fingerprint density at radius 2 is 2.11 bits per heavy atom. The molecule has 0 unspecified atom stereocenters. The van der Waals surface area contributed by atoms with Gasteiger partial charge in [0, 0.05) is 25.0 Å². The molecule has 0 aliphatic heterocycles. The van der Waals surface area contributed by atoms with Gasteiger partial charge in [-0.15, -0.1) is 14.8 Å². The van der Waals surface area contributed by atoms with Crippen LogP contribution in [0.5, 0.6) is 5.88 Å². The summed E-state index contributed by atoms with van der Waals surface area (Å²) in [5.74, 6) is -2.70. The molecule has 15 heteroatoms. The number of hydrogen-bond acceptors (Lipinski definition) is 11. The molecule has 144 valence electrons. The van der Waals surface area contributed by atoms with Gasteiger partial charge >= 0.3 is 5.76 Å². The molecule has 0 fully saturated rings. The summed E-state index contributed by atoms with van der Waals surface area (Å²) < 4.78 is 37.4. The third-order valence-electron chi connectivity index (χ3n) is 3.69. The van der Waals surface area contributed by atoms with Gasteiger partial charge in [-0.05, 0) is 10.4 Å². The van der Waals surface area contributed by atoms with Crippen LogP contribution in [-0.4, -0.2) is 63.6 Å². The number of fused-ring (bicyclic) bond motifs is 1. The van der Waals surface area contributed by atoms with Crippen LogP contribution in [0, 0.1) is 0 Å². The van der Waals surface area contributed by atoms with Gasteiger partial charge in [0.1, 0.15) is 11.4 Å². The van der Waals surface area contributed by atoms with E-state index in [9.17, 15) is 18.3 Å². The van der Waals surface area contributed by atoms with Crippen LogP contribution < -0.4 is 11.0 Å². The van der Waals surface area contributed by atoms with Crippen molar-refractivity contribution >= 4 is 21.8 Å². The lowest BCUT2D eigenvalue weighted by Gasteiger charge is -1.99. The lowest BCUT2D eigenvalue weighted by Crippen LogP contribution is -2.19. The summed E-state index contributed by atoms with van der Waals surface area (Å²) >= 11 is 0. The van der Waals surface area contributed by atoms with Gasteiger partial charge in [0.15, 0.2) is 5.76 Å². The van der Waals surface area contributed by atoms with E-state index in [1.807, 2.05) is 0 Å². The minimum absolute atomic E-state index is 0.202. The number of oxazole rings is 1. The van der Waals surface area contributed by atoms with Gasteiger partial charge in [-0.1, -0.05) is 0 Å². The van der Waals surface area contributed by atoms with Gasteiger partial charge in [0.05, 0.1) is 17.2 Å². The number of hydrogen-bond donors (Lipinski definition) is 2. The normalized spacial score (nSPS) is 12.8. The number of aromatic nitrogens is 8. The van der Waals surface area contributed by atoms with Gasteiger partial charge in [0.25, 0.3) is 10.1 Å². The monoisotopic (exact) mass is 406 g/mol. The first-order chi connectivity index (χ1) is 13.3. The first-order valence-electron chi connectivity index (χ1n) is 7.57. The highest BCUT2D eigenvalue weighted by Gasteiger charge is 2.19. The van der Waals surface area contributed by atoms with Gasteiger partial charge in [0.2, 0.25) is 11.5 Å². The summed E-state index contributed by atoms with van der Waals surface area (Å²) in [6, 6.07) is 0. The van der Waals surface area contributed by atoms with Crippen molar-refractivity contribution in [1.82, 2.24) is 39.8 Å². The second-order valence-electron chi connectivity index (χ2n) is 5.48. The number of nitrogens with zero attached hydrogens (tertiary/aromatic N) is 8. The van der Waals surface area contributed by atoms with Crippen LogP contribution in [0.2, 0.25) is 0 Å². The summed E-state index contributed by atoms with van der Waals surface area (Å²) in [7, 11) is -4.34. The molecule has 0 aromatic carbocycles. The van der Waals surface area contributed by atoms with Crippen LogP contribution in [0.25, 0.3) is 23.1 Å². The third-order valence-corrected chi connectivity index (χ3v) is 4.39. The zero-order valence-electron chi connectivity index (χ0n) is 13.7. The second-order valence-corrected chi connectivity index (χ2v) is 7.05. The van der Waals surface area contributed by atoms with E-state index in [1.165, 1.54) is 24.7 Å². The van der Waals surface area contributed by atoms with Gasteiger partial charge in [-0.2, -0.15) is 8.42 Å². The van der Waals surface area contributed by atoms with Crippen molar-refractivity contribution in [3.05, 3.63) is 40.1 Å². The SMILES string of the molecule is O=c1oc(/C=c2/c(-c3cnccn3)nn3nnnc23)c(O)n1CCS(=O)(=O)O. The predicted octanol–water partition coefficient (Wildman–Crippen LogP) is -2.13. The Morgan fingerprint density at radius 1 is 1.29 bits per heavy atom. The molecule has 4 rings (SSSR count). The Labute approximate surface area is 154 Å². The Balaban J connectivity index is 1.87. The number of aromatic hydroxyl groups is 1. The minimum atomic E-state index is -4.34. The topological polar surface area (TPSA) is 191 Å². The smallest absolute Gasteiger partial charge is 0.422 e. The standard InChI is InChI=1S/C13H10N8O6S/c22-12-9(27-13(23)20(12)3-4-28(24,25)26)5-7-10(8-6-14-1-2-15-8)17-21-11(7)16-18-19-21/h1-2,5-6,22H,3-4H2,(H,24,25,26)/b7-5-. The van der Waals surface area contributed by atoms with Gasteiger partial charge < -0.3 is 9.52 Å². The molecule has 4 aromatic heterocycles. The lowest BCUT2D eigenvalue weighted by molar-refractivity contribution is 0.414. The molecule has 0 saturated heterocycles. The molecule has 0 radical (unpaired) electrons. The molecule has 2 N–H and O–H groups in total. The first-order valence-corrected chi connectivity index (χ1v) is 9.18. The van der Waals surface area contributed by atoms with Crippen molar-refractivity contribution in [2.45, 2.75) is 6.54 Å². The number of rotatable bonds is 5. The predicted molar refractivity (Wildman–Crippen MR) is 89.4 cm³/mol. The van der Waals surface area contributed by atoms with E-state index in [-0.39, 0.29) is 16.6 Å². The second kappa shape index (κ2) is 6.46. The van der Waals surface area contributed by atoms with Crippen molar-refractivity contribution in [3.8, 4) is 17.3 Å². The van der Waals surface area contributed by atoms with Crippen molar-refractivity contribution in [3.63, 3.8) is 0 Å². The highest BCUT2D eigenvalue weighted by atomic mass is 32.2.